The summed E-state index contributed by atoms with van der Waals surface area (Å²) in [7, 11) is 0. The summed E-state index contributed by atoms with van der Waals surface area (Å²) in [5.74, 6) is -1.73. The van der Waals surface area contributed by atoms with Crippen LogP contribution >= 0.6 is 11.6 Å². The molecular weight excluding hydrogens is 170 g/mol. The number of aromatic nitrogens is 1. The van der Waals surface area contributed by atoms with Crippen molar-refractivity contribution < 1.29 is 15.0 Å². The van der Waals surface area contributed by atoms with Gasteiger partial charge < -0.3 is 10.2 Å². The Labute approximate surface area is 67.1 Å². The van der Waals surface area contributed by atoms with Crippen molar-refractivity contribution >= 4 is 17.6 Å². The van der Waals surface area contributed by atoms with E-state index < -0.39 is 11.7 Å². The van der Waals surface area contributed by atoms with Gasteiger partial charge in [-0.2, -0.15) is 0 Å². The molecule has 1 aromatic rings. The van der Waals surface area contributed by atoms with Crippen LogP contribution in [0.2, 0.25) is 5.15 Å². The Morgan fingerprint density at radius 2 is 2.27 bits per heavy atom. The average Bonchev–Trinajstić information content (AvgIpc) is 1.94. The van der Waals surface area contributed by atoms with Gasteiger partial charge in [0.2, 0.25) is 0 Å². The van der Waals surface area contributed by atoms with E-state index in [1.165, 1.54) is 12.3 Å². The number of hydrogen-bond donors (Lipinski definition) is 2. The van der Waals surface area contributed by atoms with Gasteiger partial charge in [0.1, 0.15) is 5.56 Å². The second-order valence-electron chi connectivity index (χ2n) is 1.80. The first-order chi connectivity index (χ1) is 5.13. The molecule has 0 aliphatic carbocycles. The van der Waals surface area contributed by atoms with Crippen LogP contribution in [0.1, 0.15) is 10.4 Å². The van der Waals surface area contributed by atoms with Crippen LogP contribution in [0.5, 0.6) is 5.75 Å². The SMILES string of the molecule is O=C(O)c1ccnc(Cl)c1O. The van der Waals surface area contributed by atoms with Gasteiger partial charge in [0, 0.05) is 6.20 Å². The van der Waals surface area contributed by atoms with Gasteiger partial charge in [0.25, 0.3) is 0 Å². The molecule has 1 heterocycles. The van der Waals surface area contributed by atoms with E-state index in [0.29, 0.717) is 0 Å². The van der Waals surface area contributed by atoms with Crippen LogP contribution in [0, 0.1) is 0 Å². The molecule has 0 spiro atoms. The topological polar surface area (TPSA) is 70.4 Å². The Bertz CT molecular complexity index is 300. The first-order valence-corrected chi connectivity index (χ1v) is 3.07. The second-order valence-corrected chi connectivity index (χ2v) is 2.16. The molecule has 0 unspecified atom stereocenters. The fraction of sp³-hybridized carbons (Fsp3) is 0. The number of aromatic hydroxyl groups is 1. The molecule has 0 saturated carbocycles. The fourth-order valence-corrected chi connectivity index (χ4v) is 0.759. The summed E-state index contributed by atoms with van der Waals surface area (Å²) >= 11 is 5.33. The number of halogens is 1. The van der Waals surface area contributed by atoms with Gasteiger partial charge in [-0.05, 0) is 6.07 Å². The summed E-state index contributed by atoms with van der Waals surface area (Å²) in [5, 5.41) is 17.2. The zero-order valence-electron chi connectivity index (χ0n) is 5.28. The molecule has 58 valence electrons. The molecule has 0 amide bonds. The normalized spacial score (nSPS) is 9.55. The lowest BCUT2D eigenvalue weighted by atomic mass is 10.2. The van der Waals surface area contributed by atoms with Gasteiger partial charge in [-0.1, -0.05) is 11.6 Å². The first-order valence-electron chi connectivity index (χ1n) is 2.69. The van der Waals surface area contributed by atoms with Crippen molar-refractivity contribution in [2.75, 3.05) is 0 Å². The van der Waals surface area contributed by atoms with E-state index in [-0.39, 0.29) is 10.7 Å². The molecule has 1 aromatic heterocycles. The van der Waals surface area contributed by atoms with Crippen LogP contribution in [-0.2, 0) is 0 Å². The van der Waals surface area contributed by atoms with E-state index in [1.54, 1.807) is 0 Å². The lowest BCUT2D eigenvalue weighted by molar-refractivity contribution is 0.0693. The fourth-order valence-electron chi connectivity index (χ4n) is 0.601. The van der Waals surface area contributed by atoms with Crippen LogP contribution in [-0.4, -0.2) is 21.2 Å². The van der Waals surface area contributed by atoms with Gasteiger partial charge in [-0.15, -0.1) is 0 Å². The third-order valence-electron chi connectivity index (χ3n) is 1.11. The van der Waals surface area contributed by atoms with Crippen LogP contribution in [0.25, 0.3) is 0 Å². The second kappa shape index (κ2) is 2.75. The summed E-state index contributed by atoms with van der Waals surface area (Å²) in [6.07, 6.45) is 1.21. The van der Waals surface area contributed by atoms with E-state index in [2.05, 4.69) is 4.98 Å². The first kappa shape index (κ1) is 7.81. The number of pyridine rings is 1. The van der Waals surface area contributed by atoms with E-state index >= 15 is 0 Å². The summed E-state index contributed by atoms with van der Waals surface area (Å²) in [5.41, 5.74) is -0.245. The van der Waals surface area contributed by atoms with E-state index in [0.717, 1.165) is 0 Å². The molecule has 0 saturated heterocycles. The molecule has 2 N–H and O–H groups in total. The van der Waals surface area contributed by atoms with E-state index in [1.807, 2.05) is 0 Å². The summed E-state index contributed by atoms with van der Waals surface area (Å²) < 4.78 is 0. The van der Waals surface area contributed by atoms with Gasteiger partial charge in [0.05, 0.1) is 0 Å². The molecule has 11 heavy (non-hydrogen) atoms. The molecule has 5 heteroatoms. The van der Waals surface area contributed by atoms with Crippen molar-refractivity contribution in [3.05, 3.63) is 23.0 Å². The highest BCUT2D eigenvalue weighted by Crippen LogP contribution is 2.23. The van der Waals surface area contributed by atoms with Gasteiger partial charge >= 0.3 is 5.97 Å². The molecule has 0 fully saturated rings. The predicted octanol–water partition coefficient (Wildman–Crippen LogP) is 1.14. The highest BCUT2D eigenvalue weighted by molar-refractivity contribution is 6.31. The number of rotatable bonds is 1. The monoisotopic (exact) mass is 173 g/mol. The Hall–Kier alpha value is -1.29. The average molecular weight is 174 g/mol. The van der Waals surface area contributed by atoms with Crippen LogP contribution in [0.4, 0.5) is 0 Å². The Kier molecular flexibility index (Phi) is 1.96. The maximum atomic E-state index is 10.3. The number of carbonyl (C=O) groups is 1. The minimum absolute atomic E-state index is 0.204. The highest BCUT2D eigenvalue weighted by Gasteiger charge is 2.11. The number of carboxylic acids is 1. The standard InChI is InChI=1S/C6H4ClNO3/c7-5-4(9)3(6(10)11)1-2-8-5/h1-2,9H,(H,10,11). The summed E-state index contributed by atoms with van der Waals surface area (Å²) in [6, 6.07) is 1.17. The lowest BCUT2D eigenvalue weighted by Crippen LogP contribution is -1.97. The van der Waals surface area contributed by atoms with Crippen LogP contribution in [0.15, 0.2) is 12.3 Å². The summed E-state index contributed by atoms with van der Waals surface area (Å²) in [6.45, 7) is 0. The van der Waals surface area contributed by atoms with Gasteiger partial charge in [0.15, 0.2) is 10.9 Å². The summed E-state index contributed by atoms with van der Waals surface area (Å²) in [4.78, 5) is 13.8. The quantitative estimate of drug-likeness (QED) is 0.625. The lowest BCUT2D eigenvalue weighted by Gasteiger charge is -1.98. The van der Waals surface area contributed by atoms with Crippen molar-refractivity contribution in [1.29, 1.82) is 0 Å². The Morgan fingerprint density at radius 3 is 2.73 bits per heavy atom. The van der Waals surface area contributed by atoms with Crippen LogP contribution < -0.4 is 0 Å². The molecule has 1 rings (SSSR count). The molecular formula is C6H4ClNO3. The van der Waals surface area contributed by atoms with Crippen molar-refractivity contribution in [3.8, 4) is 5.75 Å². The minimum Gasteiger partial charge on any atom is -0.504 e. The minimum atomic E-state index is -1.23. The van der Waals surface area contributed by atoms with Crippen molar-refractivity contribution in [2.45, 2.75) is 0 Å². The molecule has 0 aliphatic rings. The Balaban J connectivity index is 3.27. The van der Waals surface area contributed by atoms with Crippen molar-refractivity contribution in [3.63, 3.8) is 0 Å². The highest BCUT2D eigenvalue weighted by atomic mass is 35.5. The zero-order valence-corrected chi connectivity index (χ0v) is 6.04. The number of hydrogen-bond acceptors (Lipinski definition) is 3. The molecule has 0 radical (unpaired) electrons. The third-order valence-corrected chi connectivity index (χ3v) is 1.39. The smallest absolute Gasteiger partial charge is 0.339 e. The third kappa shape index (κ3) is 1.40. The molecule has 0 aromatic carbocycles. The van der Waals surface area contributed by atoms with Gasteiger partial charge in [-0.3, -0.25) is 0 Å². The number of nitrogens with zero attached hydrogens (tertiary/aromatic N) is 1. The Morgan fingerprint density at radius 1 is 1.64 bits per heavy atom. The number of aromatic carboxylic acids is 1. The van der Waals surface area contributed by atoms with Gasteiger partial charge in [-0.25, -0.2) is 9.78 Å². The largest absolute Gasteiger partial charge is 0.504 e. The molecule has 4 nitrogen and oxygen atoms in total. The predicted molar refractivity (Wildman–Crippen MR) is 37.9 cm³/mol. The van der Waals surface area contributed by atoms with E-state index in [9.17, 15) is 4.79 Å². The zero-order chi connectivity index (χ0) is 8.43. The van der Waals surface area contributed by atoms with Crippen molar-refractivity contribution in [2.24, 2.45) is 0 Å². The molecule has 0 aliphatic heterocycles. The van der Waals surface area contributed by atoms with Crippen molar-refractivity contribution in [1.82, 2.24) is 4.98 Å². The maximum Gasteiger partial charge on any atom is 0.339 e. The van der Waals surface area contributed by atoms with Crippen LogP contribution in [0.3, 0.4) is 0 Å². The number of carboxylic acid groups (broad SMARTS) is 1. The molecule has 0 atom stereocenters. The molecule has 0 bridgehead atoms. The maximum absolute atomic E-state index is 10.3. The van der Waals surface area contributed by atoms with E-state index in [4.69, 9.17) is 21.8 Å².